The lowest BCUT2D eigenvalue weighted by molar-refractivity contribution is -0.314. The number of ether oxygens (including phenoxy) is 3. The summed E-state index contributed by atoms with van der Waals surface area (Å²) in [5.74, 6) is -0.634. The molecule has 0 unspecified atom stereocenters. The Morgan fingerprint density at radius 2 is 1.41 bits per heavy atom. The molecule has 0 radical (unpaired) electrons. The summed E-state index contributed by atoms with van der Waals surface area (Å²) in [7, 11) is 0. The maximum absolute atomic E-state index is 10.4. The SMILES string of the molecule is N#C[C@@H](C[C@H]1O[C@@H](CO[C@H]2O[C@@H](CO)[C@@H](O)[C@@H](O)[C@H]2O)[C@@H](O)[C@@H](O)[C@H]1O)c1ccccc1. The number of aliphatic hydroxyl groups excluding tert-OH is 7. The molecule has 11 heteroatoms. The molecule has 2 fully saturated rings. The predicted octanol–water partition coefficient (Wildman–Crippen LogP) is -2.65. The van der Waals surface area contributed by atoms with Crippen molar-refractivity contribution < 1.29 is 50.0 Å². The molecule has 0 spiro atoms. The molecule has 3 rings (SSSR count). The van der Waals surface area contributed by atoms with Crippen LogP contribution in [0.5, 0.6) is 0 Å². The highest BCUT2D eigenvalue weighted by molar-refractivity contribution is 5.25. The minimum atomic E-state index is -1.64. The smallest absolute Gasteiger partial charge is 0.186 e. The van der Waals surface area contributed by atoms with E-state index in [-0.39, 0.29) is 6.42 Å². The van der Waals surface area contributed by atoms with Crippen molar-refractivity contribution in [3.05, 3.63) is 35.9 Å². The second-order valence-corrected chi connectivity index (χ2v) is 8.04. The average Bonchev–Trinajstić information content (AvgIpc) is 2.81. The Kier molecular flexibility index (Phi) is 8.54. The van der Waals surface area contributed by atoms with Crippen LogP contribution in [-0.2, 0) is 14.2 Å². The van der Waals surface area contributed by atoms with Crippen LogP contribution in [0.15, 0.2) is 30.3 Å². The number of hydrogen-bond acceptors (Lipinski definition) is 11. The quantitative estimate of drug-likeness (QED) is 0.227. The summed E-state index contributed by atoms with van der Waals surface area (Å²) in [4.78, 5) is 0. The maximum Gasteiger partial charge on any atom is 0.186 e. The fourth-order valence-corrected chi connectivity index (χ4v) is 3.94. The normalized spacial score (nSPS) is 41.1. The van der Waals surface area contributed by atoms with Gasteiger partial charge in [0.25, 0.3) is 0 Å². The molecule has 2 aliphatic heterocycles. The van der Waals surface area contributed by atoms with Gasteiger partial charge in [0.2, 0.25) is 0 Å². The van der Waals surface area contributed by atoms with E-state index >= 15 is 0 Å². The highest BCUT2D eigenvalue weighted by Crippen LogP contribution is 2.30. The van der Waals surface area contributed by atoms with Crippen LogP contribution in [-0.4, -0.2) is 110 Å². The molecule has 11 nitrogen and oxygen atoms in total. The zero-order chi connectivity index (χ0) is 23.4. The van der Waals surface area contributed by atoms with Crippen molar-refractivity contribution >= 4 is 0 Å². The number of nitrogens with zero attached hydrogens (tertiary/aromatic N) is 1. The van der Waals surface area contributed by atoms with Gasteiger partial charge in [0.15, 0.2) is 6.29 Å². The lowest BCUT2D eigenvalue weighted by atomic mass is 9.87. The van der Waals surface area contributed by atoms with E-state index in [9.17, 15) is 41.0 Å². The lowest BCUT2D eigenvalue weighted by Gasteiger charge is -2.43. The first-order valence-corrected chi connectivity index (χ1v) is 10.3. The Bertz CT molecular complexity index is 759. The lowest BCUT2D eigenvalue weighted by Crippen LogP contribution is -2.61. The molecule has 178 valence electrons. The van der Waals surface area contributed by atoms with E-state index in [4.69, 9.17) is 14.2 Å². The summed E-state index contributed by atoms with van der Waals surface area (Å²) in [6.45, 7) is -1.04. The van der Waals surface area contributed by atoms with Crippen molar-refractivity contribution in [2.45, 2.75) is 73.6 Å². The summed E-state index contributed by atoms with van der Waals surface area (Å²) in [6.07, 6.45) is -14.1. The van der Waals surface area contributed by atoms with Gasteiger partial charge in [-0.1, -0.05) is 30.3 Å². The molecule has 0 bridgehead atoms. The Morgan fingerprint density at radius 1 is 0.812 bits per heavy atom. The summed E-state index contributed by atoms with van der Waals surface area (Å²) in [5.41, 5.74) is 0.709. The third-order valence-corrected chi connectivity index (χ3v) is 5.91. The van der Waals surface area contributed by atoms with E-state index in [2.05, 4.69) is 6.07 Å². The monoisotopic (exact) mass is 455 g/mol. The topological polar surface area (TPSA) is 193 Å². The Morgan fingerprint density at radius 3 is 2.03 bits per heavy atom. The first kappa shape index (κ1) is 24.9. The van der Waals surface area contributed by atoms with Gasteiger partial charge < -0.3 is 50.0 Å². The summed E-state index contributed by atoms with van der Waals surface area (Å²) >= 11 is 0. The van der Waals surface area contributed by atoms with E-state index in [1.165, 1.54) is 0 Å². The van der Waals surface area contributed by atoms with E-state index in [1.807, 2.05) is 0 Å². The van der Waals surface area contributed by atoms with Crippen LogP contribution in [0.1, 0.15) is 17.9 Å². The molecule has 1 aromatic rings. The Labute approximate surface area is 184 Å². The van der Waals surface area contributed by atoms with Gasteiger partial charge in [-0.2, -0.15) is 5.26 Å². The number of rotatable bonds is 7. The zero-order valence-electron chi connectivity index (χ0n) is 17.2. The zero-order valence-corrected chi connectivity index (χ0v) is 17.2. The van der Waals surface area contributed by atoms with Crippen molar-refractivity contribution in [2.75, 3.05) is 13.2 Å². The summed E-state index contributed by atoms with van der Waals surface area (Å²) in [5, 5.41) is 79.5. The molecule has 32 heavy (non-hydrogen) atoms. The van der Waals surface area contributed by atoms with Crippen molar-refractivity contribution in [3.8, 4) is 6.07 Å². The van der Waals surface area contributed by atoms with Gasteiger partial charge in [0, 0.05) is 0 Å². The van der Waals surface area contributed by atoms with Crippen LogP contribution in [0.3, 0.4) is 0 Å². The van der Waals surface area contributed by atoms with Gasteiger partial charge in [-0.25, -0.2) is 0 Å². The fourth-order valence-electron chi connectivity index (χ4n) is 3.94. The van der Waals surface area contributed by atoms with Gasteiger partial charge >= 0.3 is 0 Å². The van der Waals surface area contributed by atoms with Gasteiger partial charge in [-0.3, -0.25) is 0 Å². The molecule has 0 aliphatic carbocycles. The minimum Gasteiger partial charge on any atom is -0.394 e. The number of hydrogen-bond donors (Lipinski definition) is 7. The molecule has 1 aromatic carbocycles. The van der Waals surface area contributed by atoms with Gasteiger partial charge in [-0.15, -0.1) is 0 Å². The molecule has 2 saturated heterocycles. The highest BCUT2D eigenvalue weighted by atomic mass is 16.7. The maximum atomic E-state index is 10.4. The molecule has 0 amide bonds. The van der Waals surface area contributed by atoms with E-state index in [1.54, 1.807) is 30.3 Å². The van der Waals surface area contributed by atoms with Crippen molar-refractivity contribution in [1.29, 1.82) is 5.26 Å². The van der Waals surface area contributed by atoms with Crippen molar-refractivity contribution in [1.82, 2.24) is 0 Å². The van der Waals surface area contributed by atoms with E-state index < -0.39 is 80.4 Å². The fraction of sp³-hybridized carbons (Fsp3) is 0.667. The summed E-state index contributed by atoms with van der Waals surface area (Å²) in [6, 6.07) is 11.0. The standard InChI is InChI=1S/C21H29NO10/c22-7-11(10-4-2-1-3-5-10)6-12-15(24)18(27)17(26)14(31-12)9-30-21-20(29)19(28)16(25)13(8-23)32-21/h1-5,11-21,23-29H,6,8-9H2/t11-,12-,13+,14+,15+,16-,17-,18+,19-,20-,21+/m1/s1. The van der Waals surface area contributed by atoms with Crippen LogP contribution >= 0.6 is 0 Å². The van der Waals surface area contributed by atoms with Gasteiger partial charge in [0.05, 0.1) is 31.3 Å². The van der Waals surface area contributed by atoms with Crippen LogP contribution in [0.2, 0.25) is 0 Å². The molecule has 2 heterocycles. The van der Waals surface area contributed by atoms with Crippen LogP contribution in [0.25, 0.3) is 0 Å². The molecule has 2 aliphatic rings. The predicted molar refractivity (Wildman–Crippen MR) is 106 cm³/mol. The largest absolute Gasteiger partial charge is 0.394 e. The highest BCUT2D eigenvalue weighted by Gasteiger charge is 2.47. The van der Waals surface area contributed by atoms with Gasteiger partial charge in [0.1, 0.15) is 48.8 Å². The average molecular weight is 455 g/mol. The molecule has 0 saturated carbocycles. The number of benzene rings is 1. The van der Waals surface area contributed by atoms with Crippen LogP contribution in [0, 0.1) is 11.3 Å². The van der Waals surface area contributed by atoms with Crippen molar-refractivity contribution in [2.24, 2.45) is 0 Å². The van der Waals surface area contributed by atoms with Crippen LogP contribution < -0.4 is 0 Å². The van der Waals surface area contributed by atoms with Gasteiger partial charge in [-0.05, 0) is 12.0 Å². The van der Waals surface area contributed by atoms with Crippen LogP contribution in [0.4, 0.5) is 0 Å². The number of aliphatic hydroxyl groups is 7. The third-order valence-electron chi connectivity index (χ3n) is 5.91. The van der Waals surface area contributed by atoms with E-state index in [0.717, 1.165) is 0 Å². The molecular weight excluding hydrogens is 426 g/mol. The Balaban J connectivity index is 1.65. The van der Waals surface area contributed by atoms with Crippen molar-refractivity contribution in [3.63, 3.8) is 0 Å². The molecular formula is C21H29NO10. The Hall–Kier alpha value is -1.69. The molecule has 0 aromatic heterocycles. The first-order chi connectivity index (χ1) is 15.3. The second-order valence-electron chi connectivity index (χ2n) is 8.04. The molecule has 11 atom stereocenters. The van der Waals surface area contributed by atoms with E-state index in [0.29, 0.717) is 5.56 Å². The minimum absolute atomic E-state index is 0.0437. The third kappa shape index (κ3) is 5.27. The summed E-state index contributed by atoms with van der Waals surface area (Å²) < 4.78 is 16.4. The first-order valence-electron chi connectivity index (χ1n) is 10.3. The number of nitriles is 1. The molecule has 7 N–H and O–H groups in total. The second kappa shape index (κ2) is 11.0.